The van der Waals surface area contributed by atoms with Crippen molar-refractivity contribution in [3.8, 4) is 0 Å². The van der Waals surface area contributed by atoms with Gasteiger partial charge in [-0.1, -0.05) is 0 Å². The summed E-state index contributed by atoms with van der Waals surface area (Å²) in [5.74, 6) is 0. The van der Waals surface area contributed by atoms with E-state index >= 15 is 0 Å². The van der Waals surface area contributed by atoms with Crippen molar-refractivity contribution >= 4 is 0 Å². The van der Waals surface area contributed by atoms with Gasteiger partial charge in [-0.2, -0.15) is 0 Å². The van der Waals surface area contributed by atoms with Gasteiger partial charge in [0.1, 0.15) is 0 Å². The number of rotatable bonds is 0. The van der Waals surface area contributed by atoms with E-state index in [2.05, 4.69) is 0 Å². The molecule has 14 heavy (non-hydrogen) atoms. The predicted molar refractivity (Wildman–Crippen MR) is 35.8 cm³/mol. The Hall–Kier alpha value is -2.58. The van der Waals surface area contributed by atoms with Crippen LogP contribution in [0.25, 0.3) is 0 Å². The standard InChI is InChI=1S/6CN.Fe.H3N/c6*1-2;;/h;;;;;;;1H3/q6*-1;+3;/p+1. The summed E-state index contributed by atoms with van der Waals surface area (Å²) in [6.07, 6.45) is 0. The fraction of sp³-hybridized carbons (Fsp3) is 0. The van der Waals surface area contributed by atoms with Gasteiger partial charge in [-0.25, -0.2) is 0 Å². The van der Waals surface area contributed by atoms with Crippen LogP contribution in [0, 0.1) is 71.0 Å². The number of hydrogen-bond donors (Lipinski definition) is 1. The summed E-state index contributed by atoms with van der Waals surface area (Å²) in [5.41, 5.74) is 0. The molecule has 0 amide bonds. The molecule has 0 bridgehead atoms. The summed E-state index contributed by atoms with van der Waals surface area (Å²) in [6.45, 7) is 28.5. The van der Waals surface area contributed by atoms with E-state index in [4.69, 9.17) is 71.0 Å². The van der Waals surface area contributed by atoms with Gasteiger partial charge in [0.2, 0.25) is 0 Å². The first kappa shape index (κ1) is 106. The van der Waals surface area contributed by atoms with Crippen LogP contribution in [0.3, 0.4) is 0 Å². The maximum absolute atomic E-state index is 6.25. The van der Waals surface area contributed by atoms with Crippen LogP contribution in [0.1, 0.15) is 0 Å². The molecule has 0 heterocycles. The topological polar surface area (TPSA) is 179 Å². The van der Waals surface area contributed by atoms with Crippen LogP contribution in [-0.4, -0.2) is 0 Å². The monoisotopic (exact) mass is 230 g/mol. The molecule has 7 nitrogen and oxygen atoms in total. The third-order valence-corrected chi connectivity index (χ3v) is 0. The van der Waals surface area contributed by atoms with Gasteiger partial charge in [0, 0.05) is 0 Å². The quantitative estimate of drug-likeness (QED) is 0.477. The minimum Gasteiger partial charge on any atom is -0.512 e. The summed E-state index contributed by atoms with van der Waals surface area (Å²) in [5, 5.41) is 37.5. The van der Waals surface area contributed by atoms with Gasteiger partial charge < -0.3 is 77.2 Å². The molecular formula is C6H4FeN7-2. The number of hydrogen-bond acceptors (Lipinski definition) is 6. The third kappa shape index (κ3) is 100. The SMILES string of the molecule is [C-]#N.[C-]#N.[C-]#N.[C-]#N.[C-]#N.[C-]#N.[Fe+3].[NH4+]. The minimum atomic E-state index is 0. The van der Waals surface area contributed by atoms with Crippen LogP contribution in [0.4, 0.5) is 0 Å². The molecular weight excluding hydrogens is 226 g/mol. The molecule has 0 aromatic heterocycles. The zero-order valence-electron chi connectivity index (χ0n) is 7.04. The van der Waals surface area contributed by atoms with Crippen molar-refractivity contribution < 1.29 is 17.1 Å². The van der Waals surface area contributed by atoms with Crippen molar-refractivity contribution in [1.29, 1.82) is 31.6 Å². The van der Waals surface area contributed by atoms with Crippen molar-refractivity contribution in [3.05, 3.63) is 39.4 Å². The van der Waals surface area contributed by atoms with E-state index in [9.17, 15) is 0 Å². The van der Waals surface area contributed by atoms with Crippen molar-refractivity contribution in [3.63, 3.8) is 0 Å². The molecule has 8 heteroatoms. The van der Waals surface area contributed by atoms with Gasteiger partial charge in [0.15, 0.2) is 0 Å². The zero-order chi connectivity index (χ0) is 12.0. The summed E-state index contributed by atoms with van der Waals surface area (Å²) < 4.78 is 0. The van der Waals surface area contributed by atoms with Gasteiger partial charge in [-0.3, -0.25) is 0 Å². The van der Waals surface area contributed by atoms with E-state index in [1.165, 1.54) is 0 Å². The van der Waals surface area contributed by atoms with E-state index in [0.717, 1.165) is 0 Å². The Kier molecular flexibility index (Phi) is 1050. The van der Waals surface area contributed by atoms with E-state index in [0.29, 0.717) is 0 Å². The Bertz CT molecular complexity index is 93.2. The molecule has 0 fully saturated rings. The van der Waals surface area contributed by atoms with Crippen LogP contribution in [0.5, 0.6) is 0 Å². The molecule has 0 atom stereocenters. The van der Waals surface area contributed by atoms with Crippen molar-refractivity contribution in [1.82, 2.24) is 6.15 Å². The molecule has 0 saturated heterocycles. The smallest absolute Gasteiger partial charge is 0.512 e. The van der Waals surface area contributed by atoms with Crippen LogP contribution in [0.2, 0.25) is 0 Å². The van der Waals surface area contributed by atoms with Crippen molar-refractivity contribution in [2.24, 2.45) is 0 Å². The molecule has 73 valence electrons. The Labute approximate surface area is 94.7 Å². The van der Waals surface area contributed by atoms with Gasteiger partial charge >= 0.3 is 17.1 Å². The normalized spacial score (nSPS) is 0.857. The molecule has 0 aliphatic rings. The van der Waals surface area contributed by atoms with E-state index in [1.807, 2.05) is 0 Å². The van der Waals surface area contributed by atoms with Crippen LogP contribution < -0.4 is 6.15 Å². The van der Waals surface area contributed by atoms with Crippen molar-refractivity contribution in [2.75, 3.05) is 0 Å². The predicted octanol–water partition coefficient (Wildman–Crippen LogP) is 0.952. The van der Waals surface area contributed by atoms with E-state index in [-0.39, 0.29) is 23.2 Å². The first-order valence-corrected chi connectivity index (χ1v) is 1.34. The largest absolute Gasteiger partial charge is 3.00 e. The summed E-state index contributed by atoms with van der Waals surface area (Å²) >= 11 is 0. The molecule has 4 N–H and O–H groups in total. The maximum atomic E-state index is 6.25. The molecule has 0 aliphatic carbocycles. The number of nitrogens with zero attached hydrogens (tertiary/aromatic N) is 6. The van der Waals surface area contributed by atoms with Gasteiger partial charge in [0.25, 0.3) is 0 Å². The fourth-order valence-electron chi connectivity index (χ4n) is 0. The molecule has 0 aromatic carbocycles. The molecule has 0 rings (SSSR count). The summed E-state index contributed by atoms with van der Waals surface area (Å²) in [6, 6.07) is 0. The molecule has 0 saturated carbocycles. The Morgan fingerprint density at radius 1 is 0.357 bits per heavy atom. The molecule has 0 aliphatic heterocycles. The van der Waals surface area contributed by atoms with E-state index in [1.54, 1.807) is 0 Å². The Morgan fingerprint density at radius 2 is 0.357 bits per heavy atom. The maximum Gasteiger partial charge on any atom is 3.00 e. The fourth-order valence-corrected chi connectivity index (χ4v) is 0. The van der Waals surface area contributed by atoms with Crippen molar-refractivity contribution in [2.45, 2.75) is 0 Å². The number of quaternary nitrogens is 1. The first-order valence-electron chi connectivity index (χ1n) is 1.34. The zero-order valence-corrected chi connectivity index (χ0v) is 8.14. The Morgan fingerprint density at radius 3 is 0.357 bits per heavy atom. The third-order valence-electron chi connectivity index (χ3n) is 0. The van der Waals surface area contributed by atoms with Gasteiger partial charge in [-0.15, -0.1) is 0 Å². The van der Waals surface area contributed by atoms with Crippen LogP contribution >= 0.6 is 0 Å². The Balaban J connectivity index is -0.00000000500. The molecule has 0 spiro atoms. The van der Waals surface area contributed by atoms with Gasteiger partial charge in [-0.05, 0) is 0 Å². The summed E-state index contributed by atoms with van der Waals surface area (Å²) in [7, 11) is 0. The minimum absolute atomic E-state index is 0. The average molecular weight is 230 g/mol. The molecule has 1 radical (unpaired) electrons. The average Bonchev–Trinajstić information content (AvgIpc) is 2.33. The van der Waals surface area contributed by atoms with Crippen LogP contribution in [-0.2, 0) is 17.1 Å². The second kappa shape index (κ2) is 139. The second-order valence-corrected chi connectivity index (χ2v) is 0. The molecule has 0 unspecified atom stereocenters. The van der Waals surface area contributed by atoms with Gasteiger partial charge in [0.05, 0.1) is 0 Å². The van der Waals surface area contributed by atoms with Crippen LogP contribution in [0.15, 0.2) is 0 Å². The van der Waals surface area contributed by atoms with E-state index < -0.39 is 0 Å². The summed E-state index contributed by atoms with van der Waals surface area (Å²) in [4.78, 5) is 0. The molecule has 0 aromatic rings. The second-order valence-electron chi connectivity index (χ2n) is 0. The first-order chi connectivity index (χ1) is 6.00.